The lowest BCUT2D eigenvalue weighted by atomic mass is 9.85. The van der Waals surface area contributed by atoms with Crippen molar-refractivity contribution in [3.05, 3.63) is 0 Å². The number of carbonyl (C=O) groups excluding carboxylic acids is 1. The van der Waals surface area contributed by atoms with Gasteiger partial charge in [0.2, 0.25) is 5.91 Å². The van der Waals surface area contributed by atoms with Gasteiger partial charge in [-0.3, -0.25) is 4.79 Å². The predicted octanol–water partition coefficient (Wildman–Crippen LogP) is 1.15. The van der Waals surface area contributed by atoms with Gasteiger partial charge in [0, 0.05) is 0 Å². The zero-order valence-corrected chi connectivity index (χ0v) is 11.1. The van der Waals surface area contributed by atoms with Gasteiger partial charge in [-0.1, -0.05) is 33.1 Å². The number of hydrogen-bond acceptors (Lipinski definition) is 3. The molecule has 1 fully saturated rings. The van der Waals surface area contributed by atoms with Crippen LogP contribution in [0.3, 0.4) is 0 Å². The van der Waals surface area contributed by atoms with Crippen molar-refractivity contribution in [2.75, 3.05) is 0 Å². The van der Waals surface area contributed by atoms with Gasteiger partial charge < -0.3 is 15.5 Å². The fourth-order valence-electron chi connectivity index (χ4n) is 2.42. The second-order valence-corrected chi connectivity index (χ2v) is 5.41. The molecule has 3 N–H and O–H groups in total. The molecule has 0 aliphatic heterocycles. The van der Waals surface area contributed by atoms with Crippen LogP contribution in [-0.2, 0) is 9.59 Å². The lowest BCUT2D eigenvalue weighted by molar-refractivity contribution is -0.145. The molecule has 0 aromatic rings. The number of carbonyl (C=O) groups is 2. The lowest BCUT2D eigenvalue weighted by Gasteiger charge is -2.27. The SMILES string of the molecule is CC(C)[C@@H](NC(=O)C(O)C1CCCCC1)C(=O)O. The maximum atomic E-state index is 11.8. The predicted molar refractivity (Wildman–Crippen MR) is 67.0 cm³/mol. The maximum absolute atomic E-state index is 11.8. The van der Waals surface area contributed by atoms with Gasteiger partial charge in [0.05, 0.1) is 0 Å². The molecule has 1 unspecified atom stereocenters. The quantitative estimate of drug-likeness (QED) is 0.689. The van der Waals surface area contributed by atoms with Crippen LogP contribution in [0.1, 0.15) is 46.0 Å². The monoisotopic (exact) mass is 257 g/mol. The zero-order valence-electron chi connectivity index (χ0n) is 11.1. The summed E-state index contributed by atoms with van der Waals surface area (Å²) in [5.41, 5.74) is 0. The Labute approximate surface area is 108 Å². The van der Waals surface area contributed by atoms with E-state index in [-0.39, 0.29) is 11.8 Å². The highest BCUT2D eigenvalue weighted by Crippen LogP contribution is 2.26. The van der Waals surface area contributed by atoms with Crippen molar-refractivity contribution in [3.63, 3.8) is 0 Å². The topological polar surface area (TPSA) is 86.6 Å². The van der Waals surface area contributed by atoms with Crippen LogP contribution < -0.4 is 5.32 Å². The highest BCUT2D eigenvalue weighted by atomic mass is 16.4. The highest BCUT2D eigenvalue weighted by Gasteiger charge is 2.31. The van der Waals surface area contributed by atoms with Gasteiger partial charge in [-0.05, 0) is 24.7 Å². The first kappa shape index (κ1) is 15.0. The summed E-state index contributed by atoms with van der Waals surface area (Å²) in [6.07, 6.45) is 3.81. The van der Waals surface area contributed by atoms with Crippen LogP contribution in [0.4, 0.5) is 0 Å². The average Bonchev–Trinajstić information content (AvgIpc) is 2.35. The standard InChI is InChI=1S/C13H23NO4/c1-8(2)10(13(17)18)14-12(16)11(15)9-6-4-3-5-7-9/h8-11,15H,3-7H2,1-2H3,(H,14,16)(H,17,18)/t10-,11?/m1/s1. The van der Waals surface area contributed by atoms with Crippen molar-refractivity contribution in [2.45, 2.75) is 58.1 Å². The van der Waals surface area contributed by atoms with E-state index >= 15 is 0 Å². The summed E-state index contributed by atoms with van der Waals surface area (Å²) < 4.78 is 0. The molecule has 1 aliphatic carbocycles. The molecular formula is C13H23NO4. The Morgan fingerprint density at radius 1 is 1.17 bits per heavy atom. The first-order chi connectivity index (χ1) is 8.43. The van der Waals surface area contributed by atoms with Crippen LogP contribution in [0.25, 0.3) is 0 Å². The molecular weight excluding hydrogens is 234 g/mol. The smallest absolute Gasteiger partial charge is 0.326 e. The number of aliphatic hydroxyl groups is 1. The fourth-order valence-corrected chi connectivity index (χ4v) is 2.42. The second-order valence-electron chi connectivity index (χ2n) is 5.41. The Morgan fingerprint density at radius 3 is 2.17 bits per heavy atom. The first-order valence-electron chi connectivity index (χ1n) is 6.64. The summed E-state index contributed by atoms with van der Waals surface area (Å²) in [5.74, 6) is -1.84. The number of carboxylic acid groups (broad SMARTS) is 1. The molecule has 1 rings (SSSR count). The molecule has 0 heterocycles. The van der Waals surface area contributed by atoms with E-state index in [4.69, 9.17) is 5.11 Å². The molecule has 1 aliphatic rings. The van der Waals surface area contributed by atoms with Crippen molar-refractivity contribution in [1.82, 2.24) is 5.32 Å². The van der Waals surface area contributed by atoms with Gasteiger partial charge in [0.1, 0.15) is 12.1 Å². The van der Waals surface area contributed by atoms with Crippen molar-refractivity contribution in [1.29, 1.82) is 0 Å². The number of rotatable bonds is 5. The van der Waals surface area contributed by atoms with Crippen molar-refractivity contribution >= 4 is 11.9 Å². The molecule has 18 heavy (non-hydrogen) atoms. The normalized spacial score (nSPS) is 20.4. The number of carboxylic acids is 1. The van der Waals surface area contributed by atoms with E-state index in [1.807, 2.05) is 0 Å². The minimum Gasteiger partial charge on any atom is -0.480 e. The number of aliphatic carboxylic acids is 1. The minimum atomic E-state index is -1.08. The zero-order chi connectivity index (χ0) is 13.7. The summed E-state index contributed by atoms with van der Waals surface area (Å²) in [6.45, 7) is 3.46. The first-order valence-corrected chi connectivity index (χ1v) is 6.64. The van der Waals surface area contributed by atoms with E-state index in [1.165, 1.54) is 0 Å². The number of hydrogen-bond donors (Lipinski definition) is 3. The van der Waals surface area contributed by atoms with E-state index in [0.29, 0.717) is 0 Å². The molecule has 0 aromatic heterocycles. The van der Waals surface area contributed by atoms with Crippen molar-refractivity contribution in [3.8, 4) is 0 Å². The Morgan fingerprint density at radius 2 is 1.72 bits per heavy atom. The average molecular weight is 257 g/mol. The van der Waals surface area contributed by atoms with Crippen LogP contribution in [-0.4, -0.2) is 34.2 Å². The summed E-state index contributed by atoms with van der Waals surface area (Å²) in [5, 5.41) is 21.4. The van der Waals surface area contributed by atoms with E-state index in [2.05, 4.69) is 5.32 Å². The molecule has 1 saturated carbocycles. The van der Waals surface area contributed by atoms with Crippen LogP contribution in [0.5, 0.6) is 0 Å². The number of nitrogens with one attached hydrogen (secondary N) is 1. The molecule has 1 amide bonds. The molecule has 5 nitrogen and oxygen atoms in total. The third-order valence-corrected chi connectivity index (χ3v) is 3.60. The second kappa shape index (κ2) is 6.73. The molecule has 0 radical (unpaired) electrons. The Hall–Kier alpha value is -1.10. The van der Waals surface area contributed by atoms with Crippen LogP contribution >= 0.6 is 0 Å². The maximum Gasteiger partial charge on any atom is 0.326 e. The third kappa shape index (κ3) is 3.98. The number of aliphatic hydroxyl groups excluding tert-OH is 1. The highest BCUT2D eigenvalue weighted by molar-refractivity contribution is 5.86. The molecule has 2 atom stereocenters. The molecule has 0 spiro atoms. The molecule has 0 bridgehead atoms. The van der Waals surface area contributed by atoms with Gasteiger partial charge in [-0.2, -0.15) is 0 Å². The van der Waals surface area contributed by atoms with E-state index in [9.17, 15) is 14.7 Å². The summed E-state index contributed by atoms with van der Waals surface area (Å²) in [7, 11) is 0. The Bertz CT molecular complexity index is 297. The van der Waals surface area contributed by atoms with Crippen LogP contribution in [0.2, 0.25) is 0 Å². The lowest BCUT2D eigenvalue weighted by Crippen LogP contribution is -2.50. The van der Waals surface area contributed by atoms with Gasteiger partial charge in [-0.15, -0.1) is 0 Å². The van der Waals surface area contributed by atoms with Gasteiger partial charge in [-0.25, -0.2) is 4.79 Å². The van der Waals surface area contributed by atoms with Crippen molar-refractivity contribution < 1.29 is 19.8 Å². The van der Waals surface area contributed by atoms with E-state index in [1.54, 1.807) is 13.8 Å². The summed E-state index contributed by atoms with van der Waals surface area (Å²) in [6, 6.07) is -0.934. The number of amides is 1. The summed E-state index contributed by atoms with van der Waals surface area (Å²) in [4.78, 5) is 22.8. The fraction of sp³-hybridized carbons (Fsp3) is 0.846. The van der Waals surface area contributed by atoms with Crippen LogP contribution in [0, 0.1) is 11.8 Å². The van der Waals surface area contributed by atoms with Gasteiger partial charge in [0.15, 0.2) is 0 Å². The molecule has 0 aromatic carbocycles. The van der Waals surface area contributed by atoms with Gasteiger partial charge in [0.25, 0.3) is 0 Å². The minimum absolute atomic E-state index is 0.0274. The van der Waals surface area contributed by atoms with Crippen LogP contribution in [0.15, 0.2) is 0 Å². The molecule has 104 valence electrons. The van der Waals surface area contributed by atoms with Gasteiger partial charge >= 0.3 is 5.97 Å². The van der Waals surface area contributed by atoms with E-state index in [0.717, 1.165) is 32.1 Å². The molecule has 0 saturated heterocycles. The van der Waals surface area contributed by atoms with E-state index < -0.39 is 24.0 Å². The third-order valence-electron chi connectivity index (χ3n) is 3.60. The largest absolute Gasteiger partial charge is 0.480 e. The molecule has 5 heteroatoms. The van der Waals surface area contributed by atoms with Crippen molar-refractivity contribution in [2.24, 2.45) is 11.8 Å². The summed E-state index contributed by atoms with van der Waals surface area (Å²) >= 11 is 0. The Balaban J connectivity index is 2.54. The Kier molecular flexibility index (Phi) is 5.59.